The first kappa shape index (κ1) is 21.3. The maximum absolute atomic E-state index is 6.46. The summed E-state index contributed by atoms with van der Waals surface area (Å²) in [6.45, 7) is 2.76. The van der Waals surface area contributed by atoms with Gasteiger partial charge in [-0.05, 0) is 54.2 Å². The zero-order chi connectivity index (χ0) is 19.9. The monoisotopic (exact) mass is 452 g/mol. The van der Waals surface area contributed by atoms with Crippen molar-refractivity contribution in [1.82, 2.24) is 9.55 Å². The summed E-state index contributed by atoms with van der Waals surface area (Å²) >= 11 is 19.8. The Kier molecular flexibility index (Phi) is 7.91. The number of aryl methyl sites for hydroxylation is 1. The molecule has 0 bridgehead atoms. The Morgan fingerprint density at radius 2 is 2.14 bits per heavy atom. The first-order valence-electron chi connectivity index (χ1n) is 9.26. The SMILES string of the molecule is CCCCCc1ccsc1C(=S)OC(Cn1ccnc1)c1ccc(Cl)cc1Cl. The zero-order valence-corrected chi connectivity index (χ0v) is 18.8. The van der Waals surface area contributed by atoms with Crippen molar-refractivity contribution in [2.24, 2.45) is 0 Å². The first-order chi connectivity index (χ1) is 13.6. The summed E-state index contributed by atoms with van der Waals surface area (Å²) in [6.07, 6.45) is 9.64. The van der Waals surface area contributed by atoms with Crippen LogP contribution in [-0.2, 0) is 17.7 Å². The van der Waals surface area contributed by atoms with Crippen molar-refractivity contribution in [2.75, 3.05) is 0 Å². The molecule has 148 valence electrons. The number of halogens is 2. The van der Waals surface area contributed by atoms with Crippen molar-refractivity contribution in [1.29, 1.82) is 0 Å². The van der Waals surface area contributed by atoms with E-state index in [4.69, 9.17) is 40.2 Å². The highest BCUT2D eigenvalue weighted by molar-refractivity contribution is 7.80. The predicted molar refractivity (Wildman–Crippen MR) is 122 cm³/mol. The van der Waals surface area contributed by atoms with Gasteiger partial charge in [-0.1, -0.05) is 49.0 Å². The topological polar surface area (TPSA) is 27.1 Å². The fraction of sp³-hybridized carbons (Fsp3) is 0.333. The Morgan fingerprint density at radius 3 is 2.86 bits per heavy atom. The molecule has 0 amide bonds. The molecular weight excluding hydrogens is 431 g/mol. The summed E-state index contributed by atoms with van der Waals surface area (Å²) in [6, 6.07) is 7.58. The molecule has 0 aliphatic carbocycles. The molecule has 3 nitrogen and oxygen atoms in total. The van der Waals surface area contributed by atoms with E-state index >= 15 is 0 Å². The number of aromatic nitrogens is 2. The van der Waals surface area contributed by atoms with Crippen molar-refractivity contribution in [2.45, 2.75) is 45.3 Å². The van der Waals surface area contributed by atoms with Gasteiger partial charge in [0.2, 0.25) is 5.05 Å². The number of hydrogen-bond donors (Lipinski definition) is 0. The van der Waals surface area contributed by atoms with E-state index < -0.39 is 0 Å². The number of thiocarbonyl (C=S) groups is 1. The zero-order valence-electron chi connectivity index (χ0n) is 15.6. The molecule has 1 unspecified atom stereocenters. The number of unbranched alkanes of at least 4 members (excludes halogenated alkanes) is 2. The van der Waals surface area contributed by atoms with Crippen LogP contribution in [0, 0.1) is 0 Å². The standard InChI is InChI=1S/C21H22Cl2N2OS2/c1-2-3-4-5-15-8-11-28-20(15)21(27)26-19(13-25-10-9-24-14-25)17-7-6-16(22)12-18(17)23/h6-12,14,19H,2-5,13H2,1H3. The Bertz CT molecular complexity index is 909. The molecule has 1 atom stereocenters. The highest BCUT2D eigenvalue weighted by Crippen LogP contribution is 2.32. The lowest BCUT2D eigenvalue weighted by Crippen LogP contribution is -2.16. The summed E-state index contributed by atoms with van der Waals surface area (Å²) < 4.78 is 8.24. The average molecular weight is 453 g/mol. The summed E-state index contributed by atoms with van der Waals surface area (Å²) in [4.78, 5) is 5.15. The van der Waals surface area contributed by atoms with Crippen molar-refractivity contribution in [3.63, 3.8) is 0 Å². The van der Waals surface area contributed by atoms with E-state index in [0.717, 1.165) is 23.3 Å². The maximum Gasteiger partial charge on any atom is 0.202 e. The van der Waals surface area contributed by atoms with Gasteiger partial charge in [-0.3, -0.25) is 0 Å². The van der Waals surface area contributed by atoms with Crippen molar-refractivity contribution in [3.05, 3.63) is 74.4 Å². The van der Waals surface area contributed by atoms with Gasteiger partial charge in [-0.2, -0.15) is 0 Å². The molecule has 2 aromatic heterocycles. The molecule has 0 N–H and O–H groups in total. The minimum Gasteiger partial charge on any atom is -0.472 e. The van der Waals surface area contributed by atoms with Gasteiger partial charge >= 0.3 is 0 Å². The van der Waals surface area contributed by atoms with E-state index in [1.807, 2.05) is 22.9 Å². The van der Waals surface area contributed by atoms with E-state index in [1.165, 1.54) is 18.4 Å². The first-order valence-corrected chi connectivity index (χ1v) is 11.3. The molecule has 2 heterocycles. The molecule has 0 fully saturated rings. The highest BCUT2D eigenvalue weighted by Gasteiger charge is 2.21. The minimum absolute atomic E-state index is 0.336. The molecule has 1 aromatic carbocycles. The molecule has 28 heavy (non-hydrogen) atoms. The normalized spacial score (nSPS) is 12.1. The number of hydrogen-bond acceptors (Lipinski definition) is 4. The highest BCUT2D eigenvalue weighted by atomic mass is 35.5. The second-order valence-corrected chi connectivity index (χ2v) is 8.68. The number of imidazole rings is 1. The largest absolute Gasteiger partial charge is 0.472 e. The third-order valence-electron chi connectivity index (χ3n) is 4.48. The second kappa shape index (κ2) is 10.4. The van der Waals surface area contributed by atoms with Crippen molar-refractivity contribution >= 4 is 51.8 Å². The molecule has 0 saturated heterocycles. The number of thiophene rings is 1. The van der Waals surface area contributed by atoms with E-state index in [2.05, 4.69) is 23.4 Å². The van der Waals surface area contributed by atoms with Gasteiger partial charge in [0.25, 0.3) is 0 Å². The molecular formula is C21H22Cl2N2OS2. The number of rotatable bonds is 9. The number of ether oxygens (including phenoxy) is 1. The van der Waals surface area contributed by atoms with Gasteiger partial charge < -0.3 is 9.30 Å². The summed E-state index contributed by atoms with van der Waals surface area (Å²) in [5, 5.41) is 3.74. The van der Waals surface area contributed by atoms with E-state index in [9.17, 15) is 0 Å². The lowest BCUT2D eigenvalue weighted by atomic mass is 10.1. The van der Waals surface area contributed by atoms with Crippen LogP contribution in [0.2, 0.25) is 10.0 Å². The van der Waals surface area contributed by atoms with Crippen LogP contribution in [-0.4, -0.2) is 14.6 Å². The maximum atomic E-state index is 6.46. The van der Waals surface area contributed by atoms with Crippen LogP contribution in [0.15, 0.2) is 48.4 Å². The third-order valence-corrected chi connectivity index (χ3v) is 6.42. The van der Waals surface area contributed by atoms with Crippen LogP contribution in [0.4, 0.5) is 0 Å². The molecule has 0 spiro atoms. The predicted octanol–water partition coefficient (Wildman–Crippen LogP) is 7.12. The van der Waals surface area contributed by atoms with Crippen LogP contribution in [0.5, 0.6) is 0 Å². The Hall–Kier alpha value is -1.40. The van der Waals surface area contributed by atoms with Gasteiger partial charge in [0.1, 0.15) is 6.10 Å². The fourth-order valence-corrected chi connectivity index (χ4v) is 4.76. The van der Waals surface area contributed by atoms with E-state index in [-0.39, 0.29) is 6.10 Å². The van der Waals surface area contributed by atoms with Gasteiger partial charge in [0.15, 0.2) is 0 Å². The third kappa shape index (κ3) is 5.57. The smallest absolute Gasteiger partial charge is 0.202 e. The average Bonchev–Trinajstić information content (AvgIpc) is 3.33. The molecule has 3 aromatic rings. The summed E-state index contributed by atoms with van der Waals surface area (Å²) in [5.74, 6) is 0. The van der Waals surface area contributed by atoms with Crippen LogP contribution in [0.3, 0.4) is 0 Å². The van der Waals surface area contributed by atoms with Gasteiger partial charge in [-0.15, -0.1) is 11.3 Å². The van der Waals surface area contributed by atoms with Crippen molar-refractivity contribution < 1.29 is 4.74 Å². The summed E-state index contributed by atoms with van der Waals surface area (Å²) in [5.41, 5.74) is 2.11. The fourth-order valence-electron chi connectivity index (χ4n) is 3.01. The Balaban J connectivity index is 1.81. The molecule has 0 radical (unpaired) electrons. The molecule has 0 aliphatic heterocycles. The molecule has 0 aliphatic rings. The van der Waals surface area contributed by atoms with Crippen LogP contribution >= 0.6 is 46.8 Å². The molecule has 7 heteroatoms. The molecule has 0 saturated carbocycles. The Morgan fingerprint density at radius 1 is 1.29 bits per heavy atom. The number of benzene rings is 1. The lowest BCUT2D eigenvalue weighted by Gasteiger charge is -2.21. The van der Waals surface area contributed by atoms with Crippen LogP contribution in [0.25, 0.3) is 0 Å². The minimum atomic E-state index is -0.336. The summed E-state index contributed by atoms with van der Waals surface area (Å²) in [7, 11) is 0. The molecule has 3 rings (SSSR count). The van der Waals surface area contributed by atoms with Gasteiger partial charge in [0, 0.05) is 28.0 Å². The van der Waals surface area contributed by atoms with Gasteiger partial charge in [0.05, 0.1) is 17.7 Å². The van der Waals surface area contributed by atoms with Crippen molar-refractivity contribution in [3.8, 4) is 0 Å². The van der Waals surface area contributed by atoms with Crippen LogP contribution < -0.4 is 0 Å². The van der Waals surface area contributed by atoms with E-state index in [0.29, 0.717) is 21.6 Å². The number of nitrogens with zero attached hydrogens (tertiary/aromatic N) is 2. The lowest BCUT2D eigenvalue weighted by molar-refractivity contribution is 0.177. The quantitative estimate of drug-likeness (QED) is 0.255. The second-order valence-electron chi connectivity index (χ2n) is 6.55. The Labute approximate surface area is 185 Å². The van der Waals surface area contributed by atoms with E-state index in [1.54, 1.807) is 29.9 Å². The van der Waals surface area contributed by atoms with Gasteiger partial charge in [-0.25, -0.2) is 4.98 Å². The van der Waals surface area contributed by atoms with Crippen LogP contribution in [0.1, 0.15) is 48.3 Å².